The molecule has 4 aromatic rings. The predicted molar refractivity (Wildman–Crippen MR) is 134 cm³/mol. The van der Waals surface area contributed by atoms with E-state index in [0.29, 0.717) is 41.0 Å². The summed E-state index contributed by atoms with van der Waals surface area (Å²) in [4.78, 5) is 22.3. The minimum Gasteiger partial charge on any atom is -0.352 e. The molecule has 1 amide bonds. The standard InChI is InChI=1S/C25H28N6O3S/c1-17-4-6-19(7-5-17)22-14-21(25(32)27-9-3-11-30-12-10-26-16-30)23-18(2)29-31(24(23)28-22)20-8-13-35(33,34)15-20/h4-7,10,12,14,16,20H,3,8-9,11,13,15H2,1-2H3,(H,27,32). The number of sulfone groups is 1. The fraction of sp³-hybridized carbons (Fsp3) is 0.360. The zero-order chi connectivity index (χ0) is 24.6. The number of rotatable bonds is 7. The zero-order valence-electron chi connectivity index (χ0n) is 19.8. The summed E-state index contributed by atoms with van der Waals surface area (Å²) in [7, 11) is -3.10. The Bertz CT molecular complexity index is 1470. The van der Waals surface area contributed by atoms with E-state index in [1.807, 2.05) is 54.9 Å². The molecule has 182 valence electrons. The molecule has 0 saturated carbocycles. The largest absolute Gasteiger partial charge is 0.352 e. The Morgan fingerprint density at radius 3 is 2.69 bits per heavy atom. The van der Waals surface area contributed by atoms with E-state index in [9.17, 15) is 13.2 Å². The van der Waals surface area contributed by atoms with E-state index >= 15 is 0 Å². The van der Waals surface area contributed by atoms with Gasteiger partial charge in [0, 0.05) is 31.0 Å². The maximum absolute atomic E-state index is 13.4. The molecular weight excluding hydrogens is 464 g/mol. The van der Waals surface area contributed by atoms with Gasteiger partial charge in [-0.2, -0.15) is 5.10 Å². The van der Waals surface area contributed by atoms with Gasteiger partial charge >= 0.3 is 0 Å². The van der Waals surface area contributed by atoms with Crippen molar-refractivity contribution in [2.45, 2.75) is 39.3 Å². The maximum atomic E-state index is 13.4. The Hall–Kier alpha value is -3.53. The molecule has 0 spiro atoms. The molecule has 1 aliphatic rings. The van der Waals surface area contributed by atoms with Gasteiger partial charge in [0.25, 0.3) is 5.91 Å². The Labute approximate surface area is 204 Å². The van der Waals surface area contributed by atoms with Crippen LogP contribution in [0, 0.1) is 13.8 Å². The van der Waals surface area contributed by atoms with Crippen LogP contribution in [0.1, 0.15) is 40.5 Å². The Morgan fingerprint density at radius 2 is 2.00 bits per heavy atom. The highest BCUT2D eigenvalue weighted by molar-refractivity contribution is 7.91. The van der Waals surface area contributed by atoms with Crippen molar-refractivity contribution in [1.29, 1.82) is 0 Å². The van der Waals surface area contributed by atoms with Crippen molar-refractivity contribution in [2.24, 2.45) is 0 Å². The Morgan fingerprint density at radius 1 is 1.20 bits per heavy atom. The molecule has 3 aromatic heterocycles. The number of carbonyl (C=O) groups is 1. The van der Waals surface area contributed by atoms with Crippen molar-refractivity contribution in [2.75, 3.05) is 18.1 Å². The van der Waals surface area contributed by atoms with Crippen LogP contribution in [0.5, 0.6) is 0 Å². The molecule has 1 saturated heterocycles. The summed E-state index contributed by atoms with van der Waals surface area (Å²) >= 11 is 0. The summed E-state index contributed by atoms with van der Waals surface area (Å²) in [5, 5.41) is 8.35. The molecule has 4 heterocycles. The summed E-state index contributed by atoms with van der Waals surface area (Å²) in [5.74, 6) is -0.0202. The SMILES string of the molecule is Cc1ccc(-c2cc(C(=O)NCCCn3ccnc3)c3c(C)nn(C4CCS(=O)(=O)C4)c3n2)cc1. The summed E-state index contributed by atoms with van der Waals surface area (Å²) in [6.45, 7) is 5.12. The van der Waals surface area contributed by atoms with Crippen LogP contribution in [-0.2, 0) is 16.4 Å². The quantitative estimate of drug-likeness (QED) is 0.397. The van der Waals surface area contributed by atoms with Gasteiger partial charge < -0.3 is 9.88 Å². The molecule has 10 heteroatoms. The van der Waals surface area contributed by atoms with Crippen molar-refractivity contribution >= 4 is 26.8 Å². The van der Waals surface area contributed by atoms with E-state index in [0.717, 1.165) is 24.1 Å². The van der Waals surface area contributed by atoms with E-state index in [1.54, 1.807) is 17.2 Å². The van der Waals surface area contributed by atoms with Crippen LogP contribution in [0.25, 0.3) is 22.3 Å². The number of fused-ring (bicyclic) bond motifs is 1. The summed E-state index contributed by atoms with van der Waals surface area (Å²) in [6, 6.07) is 9.48. The number of carbonyl (C=O) groups excluding carboxylic acids is 1. The number of hydrogen-bond donors (Lipinski definition) is 1. The van der Waals surface area contributed by atoms with Crippen molar-refractivity contribution in [3.05, 3.63) is 65.9 Å². The molecule has 1 fully saturated rings. The number of hydrogen-bond acceptors (Lipinski definition) is 6. The lowest BCUT2D eigenvalue weighted by molar-refractivity contribution is 0.0954. The van der Waals surface area contributed by atoms with Gasteiger partial charge in [-0.05, 0) is 32.8 Å². The third kappa shape index (κ3) is 4.84. The van der Waals surface area contributed by atoms with Crippen molar-refractivity contribution in [1.82, 2.24) is 29.6 Å². The van der Waals surface area contributed by atoms with Gasteiger partial charge in [0.05, 0.1) is 46.2 Å². The molecule has 1 N–H and O–H groups in total. The van der Waals surface area contributed by atoms with Crippen molar-refractivity contribution in [3.63, 3.8) is 0 Å². The normalized spacial score (nSPS) is 17.1. The van der Waals surface area contributed by atoms with E-state index in [-0.39, 0.29) is 23.5 Å². The first-order valence-electron chi connectivity index (χ1n) is 11.7. The first kappa shape index (κ1) is 23.2. The second kappa shape index (κ2) is 9.26. The number of aryl methyl sites for hydroxylation is 3. The number of nitrogens with one attached hydrogen (secondary N) is 1. The van der Waals surface area contributed by atoms with E-state index in [2.05, 4.69) is 15.4 Å². The molecule has 0 aliphatic carbocycles. The second-order valence-electron chi connectivity index (χ2n) is 9.12. The van der Waals surface area contributed by atoms with Crippen LogP contribution < -0.4 is 5.32 Å². The van der Waals surface area contributed by atoms with Crippen LogP contribution in [0.3, 0.4) is 0 Å². The average Bonchev–Trinajstić information content (AvgIpc) is 3.56. The third-order valence-corrected chi connectivity index (χ3v) is 8.17. The Balaban J connectivity index is 1.52. The topological polar surface area (TPSA) is 112 Å². The smallest absolute Gasteiger partial charge is 0.252 e. The molecule has 35 heavy (non-hydrogen) atoms. The molecule has 1 unspecified atom stereocenters. The minimum atomic E-state index is -3.10. The van der Waals surface area contributed by atoms with Gasteiger partial charge in [0.1, 0.15) is 0 Å². The van der Waals surface area contributed by atoms with Gasteiger partial charge in [-0.3, -0.25) is 4.79 Å². The lowest BCUT2D eigenvalue weighted by atomic mass is 10.0. The lowest BCUT2D eigenvalue weighted by Gasteiger charge is -2.12. The summed E-state index contributed by atoms with van der Waals surface area (Å²) < 4.78 is 28.0. The molecular formula is C25H28N6O3S. The van der Waals surface area contributed by atoms with Crippen LogP contribution >= 0.6 is 0 Å². The predicted octanol–water partition coefficient (Wildman–Crippen LogP) is 3.09. The monoisotopic (exact) mass is 492 g/mol. The summed E-state index contributed by atoms with van der Waals surface area (Å²) in [5.41, 5.74) is 4.38. The van der Waals surface area contributed by atoms with Gasteiger partial charge in [0.2, 0.25) is 0 Å². The molecule has 1 atom stereocenters. The van der Waals surface area contributed by atoms with Crippen LogP contribution in [-0.4, -0.2) is 56.7 Å². The van der Waals surface area contributed by atoms with Crippen LogP contribution in [0.15, 0.2) is 49.1 Å². The number of imidazole rings is 1. The molecule has 0 radical (unpaired) electrons. The lowest BCUT2D eigenvalue weighted by Crippen LogP contribution is -2.25. The number of pyridine rings is 1. The van der Waals surface area contributed by atoms with E-state index < -0.39 is 9.84 Å². The maximum Gasteiger partial charge on any atom is 0.252 e. The zero-order valence-corrected chi connectivity index (χ0v) is 20.6. The first-order valence-corrected chi connectivity index (χ1v) is 13.5. The Kier molecular flexibility index (Phi) is 6.14. The van der Waals surface area contributed by atoms with Gasteiger partial charge in [-0.25, -0.2) is 23.1 Å². The molecule has 0 bridgehead atoms. The third-order valence-electron chi connectivity index (χ3n) is 6.42. The van der Waals surface area contributed by atoms with Crippen LogP contribution in [0.2, 0.25) is 0 Å². The number of benzene rings is 1. The average molecular weight is 493 g/mol. The van der Waals surface area contributed by atoms with Gasteiger partial charge in [-0.1, -0.05) is 29.8 Å². The highest BCUT2D eigenvalue weighted by Gasteiger charge is 2.32. The van der Waals surface area contributed by atoms with Crippen molar-refractivity contribution in [3.8, 4) is 11.3 Å². The van der Waals surface area contributed by atoms with Gasteiger partial charge in [0.15, 0.2) is 15.5 Å². The first-order chi connectivity index (χ1) is 16.8. The molecule has 9 nitrogen and oxygen atoms in total. The number of amides is 1. The minimum absolute atomic E-state index is 0.0371. The molecule has 5 rings (SSSR count). The number of nitrogens with zero attached hydrogens (tertiary/aromatic N) is 5. The highest BCUT2D eigenvalue weighted by Crippen LogP contribution is 2.32. The van der Waals surface area contributed by atoms with Gasteiger partial charge in [-0.15, -0.1) is 0 Å². The highest BCUT2D eigenvalue weighted by atomic mass is 32.2. The fourth-order valence-corrected chi connectivity index (χ4v) is 6.26. The van der Waals surface area contributed by atoms with E-state index in [4.69, 9.17) is 4.98 Å². The summed E-state index contributed by atoms with van der Waals surface area (Å²) in [6.07, 6.45) is 6.63. The molecule has 1 aromatic carbocycles. The fourth-order valence-electron chi connectivity index (χ4n) is 4.56. The second-order valence-corrected chi connectivity index (χ2v) is 11.3. The van der Waals surface area contributed by atoms with Crippen LogP contribution in [0.4, 0.5) is 0 Å². The molecule has 1 aliphatic heterocycles. The van der Waals surface area contributed by atoms with E-state index in [1.165, 1.54) is 0 Å². The number of aromatic nitrogens is 5. The van der Waals surface area contributed by atoms with Crippen molar-refractivity contribution < 1.29 is 13.2 Å².